The monoisotopic (exact) mass is 372 g/mol. The van der Waals surface area contributed by atoms with Crippen molar-refractivity contribution in [3.8, 4) is 11.5 Å². The van der Waals surface area contributed by atoms with Crippen LogP contribution in [-0.2, 0) is 6.42 Å². The Morgan fingerprint density at radius 3 is 2.37 bits per heavy atom. The van der Waals surface area contributed by atoms with E-state index in [1.807, 2.05) is 12.1 Å². The minimum Gasteiger partial charge on any atom is -0.493 e. The van der Waals surface area contributed by atoms with E-state index < -0.39 is 0 Å². The van der Waals surface area contributed by atoms with Gasteiger partial charge in [-0.2, -0.15) is 0 Å². The maximum atomic E-state index is 5.49. The molecule has 3 rings (SSSR count). The van der Waals surface area contributed by atoms with Crippen LogP contribution >= 0.6 is 0 Å². The molecule has 2 heterocycles. The third kappa shape index (κ3) is 4.43. The summed E-state index contributed by atoms with van der Waals surface area (Å²) in [7, 11) is 3.31. The summed E-state index contributed by atoms with van der Waals surface area (Å²) < 4.78 is 10.9. The first-order valence-corrected chi connectivity index (χ1v) is 9.99. The zero-order chi connectivity index (χ0) is 19.4. The number of rotatable bonds is 7. The minimum atomic E-state index is 0.431. The maximum absolute atomic E-state index is 5.49. The van der Waals surface area contributed by atoms with E-state index in [4.69, 9.17) is 19.4 Å². The van der Waals surface area contributed by atoms with Crippen LogP contribution in [-0.4, -0.2) is 54.3 Å². The number of hydrogen-bond donors (Lipinski definition) is 1. The second-order valence-electron chi connectivity index (χ2n) is 7.51. The molecule has 2 aromatic rings. The normalized spacial score (nSPS) is 16.1. The maximum Gasteiger partial charge on any atom is 0.162 e. The first-order valence-electron chi connectivity index (χ1n) is 9.99. The van der Waals surface area contributed by atoms with Crippen LogP contribution in [0, 0.1) is 0 Å². The summed E-state index contributed by atoms with van der Waals surface area (Å²) in [5.41, 5.74) is 0.896. The SMILES string of the molecule is CCCc1nc(NC2CCN(C(C)C)CC2)c2cc(OC)c(OC)cc2n1. The zero-order valence-corrected chi connectivity index (χ0v) is 17.2. The second-order valence-corrected chi connectivity index (χ2v) is 7.51. The minimum absolute atomic E-state index is 0.431. The van der Waals surface area contributed by atoms with E-state index in [9.17, 15) is 0 Å². The average Bonchev–Trinajstić information content (AvgIpc) is 2.67. The number of piperidine rings is 1. The number of aryl methyl sites for hydroxylation is 1. The van der Waals surface area contributed by atoms with E-state index in [1.54, 1.807) is 14.2 Å². The molecule has 148 valence electrons. The van der Waals surface area contributed by atoms with E-state index in [-0.39, 0.29) is 0 Å². The Hall–Kier alpha value is -2.08. The first kappa shape index (κ1) is 19.7. The summed E-state index contributed by atoms with van der Waals surface area (Å²) in [5, 5.41) is 4.68. The predicted octanol–water partition coefficient (Wildman–Crippen LogP) is 3.88. The van der Waals surface area contributed by atoms with Crippen molar-refractivity contribution in [3.05, 3.63) is 18.0 Å². The molecule has 1 fully saturated rings. The largest absolute Gasteiger partial charge is 0.493 e. The number of fused-ring (bicyclic) bond motifs is 1. The van der Waals surface area contributed by atoms with Gasteiger partial charge in [-0.05, 0) is 39.2 Å². The van der Waals surface area contributed by atoms with Gasteiger partial charge >= 0.3 is 0 Å². The highest BCUT2D eigenvalue weighted by molar-refractivity contribution is 5.92. The predicted molar refractivity (Wildman–Crippen MR) is 110 cm³/mol. The Morgan fingerprint density at radius 1 is 1.11 bits per heavy atom. The molecule has 1 aliphatic rings. The van der Waals surface area contributed by atoms with Crippen molar-refractivity contribution in [1.29, 1.82) is 0 Å². The van der Waals surface area contributed by atoms with Gasteiger partial charge in [0.1, 0.15) is 11.6 Å². The molecule has 0 spiro atoms. The number of likely N-dealkylation sites (tertiary alicyclic amines) is 1. The number of benzene rings is 1. The Bertz CT molecular complexity index is 770. The number of hydrogen-bond acceptors (Lipinski definition) is 6. The summed E-state index contributed by atoms with van der Waals surface area (Å²) in [6.45, 7) is 8.93. The van der Waals surface area contributed by atoms with E-state index in [0.717, 1.165) is 61.3 Å². The van der Waals surface area contributed by atoms with Gasteiger partial charge in [0.15, 0.2) is 11.5 Å². The van der Waals surface area contributed by atoms with Gasteiger partial charge in [0.2, 0.25) is 0 Å². The molecule has 0 saturated carbocycles. The first-order chi connectivity index (χ1) is 13.0. The Morgan fingerprint density at radius 2 is 1.78 bits per heavy atom. The third-order valence-corrected chi connectivity index (χ3v) is 5.32. The summed E-state index contributed by atoms with van der Waals surface area (Å²) >= 11 is 0. The second kappa shape index (κ2) is 8.74. The van der Waals surface area contributed by atoms with Gasteiger partial charge in [0.05, 0.1) is 19.7 Å². The number of nitrogens with one attached hydrogen (secondary N) is 1. The Kier molecular flexibility index (Phi) is 6.37. The fraction of sp³-hybridized carbons (Fsp3) is 0.619. The van der Waals surface area contributed by atoms with E-state index in [0.29, 0.717) is 23.6 Å². The molecule has 1 aromatic heterocycles. The molecule has 1 aromatic carbocycles. The quantitative estimate of drug-likeness (QED) is 0.796. The molecule has 6 nitrogen and oxygen atoms in total. The number of ether oxygens (including phenoxy) is 2. The van der Waals surface area contributed by atoms with Crippen molar-refractivity contribution in [2.75, 3.05) is 32.6 Å². The lowest BCUT2D eigenvalue weighted by molar-refractivity contribution is 0.177. The number of methoxy groups -OCH3 is 2. The molecule has 0 atom stereocenters. The van der Waals surface area contributed by atoms with Gasteiger partial charge in [-0.1, -0.05) is 6.92 Å². The summed E-state index contributed by atoms with van der Waals surface area (Å²) in [6, 6.07) is 4.97. The van der Waals surface area contributed by atoms with E-state index in [2.05, 4.69) is 31.0 Å². The molecule has 27 heavy (non-hydrogen) atoms. The zero-order valence-electron chi connectivity index (χ0n) is 17.2. The van der Waals surface area contributed by atoms with Crippen LogP contribution in [0.4, 0.5) is 5.82 Å². The van der Waals surface area contributed by atoms with Crippen molar-refractivity contribution in [2.24, 2.45) is 0 Å². The molecule has 6 heteroatoms. The highest BCUT2D eigenvalue weighted by Gasteiger charge is 2.22. The summed E-state index contributed by atoms with van der Waals surface area (Å²) in [6.07, 6.45) is 4.13. The van der Waals surface area contributed by atoms with E-state index in [1.165, 1.54) is 0 Å². The van der Waals surface area contributed by atoms with Gasteiger partial charge in [0.25, 0.3) is 0 Å². The molecule has 0 unspecified atom stereocenters. The van der Waals surface area contributed by atoms with Crippen LogP contribution in [0.5, 0.6) is 11.5 Å². The molecule has 0 radical (unpaired) electrons. The van der Waals surface area contributed by atoms with Crippen LogP contribution in [0.15, 0.2) is 12.1 Å². The smallest absolute Gasteiger partial charge is 0.162 e. The van der Waals surface area contributed by atoms with E-state index >= 15 is 0 Å². The van der Waals surface area contributed by atoms with Gasteiger partial charge in [-0.25, -0.2) is 9.97 Å². The molecule has 0 aliphatic carbocycles. The molecule has 0 bridgehead atoms. The summed E-state index contributed by atoms with van der Waals surface area (Å²) in [4.78, 5) is 12.1. The van der Waals surface area contributed by atoms with Crippen molar-refractivity contribution < 1.29 is 9.47 Å². The molecule has 1 N–H and O–H groups in total. The van der Waals surface area contributed by atoms with Gasteiger partial charge in [0, 0.05) is 43.0 Å². The van der Waals surface area contributed by atoms with Crippen LogP contribution in [0.3, 0.4) is 0 Å². The van der Waals surface area contributed by atoms with Crippen molar-refractivity contribution in [3.63, 3.8) is 0 Å². The average molecular weight is 373 g/mol. The number of nitrogens with zero attached hydrogens (tertiary/aromatic N) is 3. The van der Waals surface area contributed by atoms with Crippen molar-refractivity contribution in [1.82, 2.24) is 14.9 Å². The highest BCUT2D eigenvalue weighted by atomic mass is 16.5. The number of aromatic nitrogens is 2. The van der Waals surface area contributed by atoms with Crippen molar-refractivity contribution >= 4 is 16.7 Å². The van der Waals surface area contributed by atoms with Gasteiger partial charge in [-0.15, -0.1) is 0 Å². The van der Waals surface area contributed by atoms with Gasteiger partial charge < -0.3 is 19.7 Å². The highest BCUT2D eigenvalue weighted by Crippen LogP contribution is 2.34. The molecular formula is C21H32N4O2. The van der Waals surface area contributed by atoms with Gasteiger partial charge in [-0.3, -0.25) is 0 Å². The fourth-order valence-electron chi connectivity index (χ4n) is 3.70. The number of anilines is 1. The molecule has 1 aliphatic heterocycles. The Balaban J connectivity index is 1.92. The third-order valence-electron chi connectivity index (χ3n) is 5.32. The van der Waals surface area contributed by atoms with Crippen LogP contribution < -0.4 is 14.8 Å². The van der Waals surface area contributed by atoms with Crippen LogP contribution in [0.1, 0.15) is 45.9 Å². The van der Waals surface area contributed by atoms with Crippen LogP contribution in [0.2, 0.25) is 0 Å². The molecular weight excluding hydrogens is 340 g/mol. The Labute approximate surface area is 162 Å². The summed E-state index contributed by atoms with van der Waals surface area (Å²) in [5.74, 6) is 3.18. The lowest BCUT2D eigenvalue weighted by atomic mass is 10.0. The lowest BCUT2D eigenvalue weighted by Crippen LogP contribution is -2.42. The van der Waals surface area contributed by atoms with Crippen molar-refractivity contribution in [2.45, 2.75) is 58.5 Å². The van der Waals surface area contributed by atoms with Crippen LogP contribution in [0.25, 0.3) is 10.9 Å². The topological polar surface area (TPSA) is 59.5 Å². The molecule has 0 amide bonds. The standard InChI is InChI=1S/C21H32N4O2/c1-6-7-20-23-17-13-19(27-5)18(26-4)12-16(17)21(24-20)22-15-8-10-25(11-9-15)14(2)3/h12-15H,6-11H2,1-5H3,(H,22,23,24). The lowest BCUT2D eigenvalue weighted by Gasteiger charge is -2.35. The molecule has 1 saturated heterocycles. The fourth-order valence-corrected chi connectivity index (χ4v) is 3.70.